The molecule has 1 aliphatic heterocycles. The van der Waals surface area contributed by atoms with E-state index in [1.54, 1.807) is 18.3 Å². The van der Waals surface area contributed by atoms with E-state index in [0.717, 1.165) is 27.6 Å². The van der Waals surface area contributed by atoms with Crippen LogP contribution in [0.2, 0.25) is 0 Å². The van der Waals surface area contributed by atoms with Crippen molar-refractivity contribution in [3.05, 3.63) is 88.1 Å². The molecular weight excluding hydrogens is 611 g/mol. The smallest absolute Gasteiger partial charge is 0.430 e. The van der Waals surface area contributed by atoms with Gasteiger partial charge in [0.15, 0.2) is 0 Å². The number of alkyl halides is 3. The number of carboxylic acid groups (broad SMARTS) is 1. The van der Waals surface area contributed by atoms with Gasteiger partial charge < -0.3 is 28.7 Å². The Balaban J connectivity index is 0.000000617. The number of pyridine rings is 2. The number of benzene rings is 2. The summed E-state index contributed by atoms with van der Waals surface area (Å²) in [5.74, 6) is -3.84. The maximum absolute atomic E-state index is 13.3. The normalized spacial score (nSPS) is 11.1. The van der Waals surface area contributed by atoms with Gasteiger partial charge >= 0.3 is 18.1 Å². The van der Waals surface area contributed by atoms with E-state index in [9.17, 15) is 27.6 Å². The van der Waals surface area contributed by atoms with E-state index in [1.807, 2.05) is 86.2 Å². The number of aliphatic carboxylic acids is 1. The highest BCUT2D eigenvalue weighted by Gasteiger charge is 2.29. The Morgan fingerprint density at radius 3 is 2.28 bits per heavy atom. The van der Waals surface area contributed by atoms with Crippen LogP contribution in [-0.4, -0.2) is 63.5 Å². The van der Waals surface area contributed by atoms with E-state index in [1.165, 1.54) is 11.3 Å². The number of esters is 2. The highest BCUT2D eigenvalue weighted by Crippen LogP contribution is 2.42. The van der Waals surface area contributed by atoms with E-state index < -0.39 is 36.4 Å². The Labute approximate surface area is 259 Å². The average Bonchev–Trinajstić information content (AvgIpc) is 2.99. The number of fused-ring (bicyclic) bond motifs is 3. The number of aromatic nitrogens is 1. The second-order valence-electron chi connectivity index (χ2n) is 10.3. The van der Waals surface area contributed by atoms with E-state index in [4.69, 9.17) is 23.8 Å². The number of rotatable bonds is 5. The van der Waals surface area contributed by atoms with Crippen LogP contribution in [0.5, 0.6) is 0 Å². The third-order valence-corrected chi connectivity index (χ3v) is 6.77. The number of carbonyl (C=O) groups is 3. The predicted molar refractivity (Wildman–Crippen MR) is 160 cm³/mol. The van der Waals surface area contributed by atoms with Crippen molar-refractivity contribution in [1.29, 1.82) is 0 Å². The van der Waals surface area contributed by atoms with Crippen LogP contribution in [0.1, 0.15) is 17.3 Å². The van der Waals surface area contributed by atoms with Gasteiger partial charge in [-0.1, -0.05) is 6.07 Å². The summed E-state index contributed by atoms with van der Waals surface area (Å²) in [4.78, 5) is 48.2. The molecule has 0 fully saturated rings. The summed E-state index contributed by atoms with van der Waals surface area (Å²) in [6, 6.07) is 18.8. The molecular formula is C32H28F3N3O8. The largest absolute Gasteiger partial charge is 0.542 e. The second-order valence-corrected chi connectivity index (χ2v) is 10.3. The Kier molecular flexibility index (Phi) is 9.49. The number of nitrogens with zero attached hydrogens (tertiary/aromatic N) is 3. The number of carbonyl (C=O) groups excluding carboxylic acids is 3. The van der Waals surface area contributed by atoms with E-state index >= 15 is 0 Å². The molecule has 0 radical (unpaired) electrons. The molecule has 2 aromatic heterocycles. The molecule has 0 bridgehead atoms. The summed E-state index contributed by atoms with van der Waals surface area (Å²) >= 11 is 0. The topological polar surface area (TPSA) is 134 Å². The van der Waals surface area contributed by atoms with Gasteiger partial charge in [0.25, 0.3) is 5.56 Å². The van der Waals surface area contributed by atoms with Crippen molar-refractivity contribution in [2.75, 3.05) is 39.9 Å². The van der Waals surface area contributed by atoms with Crippen LogP contribution < -0.4 is 25.5 Å². The summed E-state index contributed by atoms with van der Waals surface area (Å²) in [6.07, 6.45) is -3.59. The molecule has 1 aromatic carbocycles. The minimum absolute atomic E-state index is 0.183. The highest BCUT2D eigenvalue weighted by atomic mass is 19.4. The zero-order valence-electron chi connectivity index (χ0n) is 25.3. The fraction of sp³-hybridized carbons (Fsp3) is 0.219. The molecule has 0 spiro atoms. The van der Waals surface area contributed by atoms with Gasteiger partial charge in [-0.05, 0) is 36.4 Å². The minimum atomic E-state index is -5.19. The van der Waals surface area contributed by atoms with Crippen molar-refractivity contribution < 1.29 is 46.6 Å². The lowest BCUT2D eigenvalue weighted by Gasteiger charge is -2.19. The van der Waals surface area contributed by atoms with Gasteiger partial charge in [0.2, 0.25) is 12.2 Å². The number of hydrogen-bond acceptors (Lipinski definition) is 9. The van der Waals surface area contributed by atoms with Crippen LogP contribution >= 0.6 is 0 Å². The molecule has 0 atom stereocenters. The van der Waals surface area contributed by atoms with E-state index in [0.29, 0.717) is 22.4 Å². The monoisotopic (exact) mass is 639 g/mol. The SMILES string of the molecule is CC(=O)OCOC(=O)c1cc(-c2c3ccc(=[N+](C)C)cc-3oc3cc(N(C)C)ccc23)c2ccccn2c1=O.O=C([O-])C(F)(F)F. The van der Waals surface area contributed by atoms with Crippen LogP contribution in [0.4, 0.5) is 18.9 Å². The Bertz CT molecular complexity index is 2080. The maximum Gasteiger partial charge on any atom is 0.430 e. The number of halogens is 3. The molecule has 0 amide bonds. The van der Waals surface area contributed by atoms with Crippen molar-refractivity contribution in [3.63, 3.8) is 0 Å². The fourth-order valence-electron chi connectivity index (χ4n) is 4.55. The zero-order valence-corrected chi connectivity index (χ0v) is 25.3. The maximum atomic E-state index is 13.3. The predicted octanol–water partition coefficient (Wildman–Crippen LogP) is 2.89. The second kappa shape index (κ2) is 13.1. The van der Waals surface area contributed by atoms with Crippen molar-refractivity contribution in [3.8, 4) is 22.5 Å². The number of anilines is 1. The van der Waals surface area contributed by atoms with Gasteiger partial charge in [0.1, 0.15) is 37.0 Å². The summed E-state index contributed by atoms with van der Waals surface area (Å²) in [7, 11) is 7.83. The van der Waals surface area contributed by atoms with Crippen molar-refractivity contribution >= 4 is 40.1 Å². The molecule has 0 unspecified atom stereocenters. The molecule has 46 heavy (non-hydrogen) atoms. The first-order valence-corrected chi connectivity index (χ1v) is 13.5. The molecule has 3 aromatic rings. The van der Waals surface area contributed by atoms with Crippen molar-refractivity contribution in [2.45, 2.75) is 13.1 Å². The molecule has 5 rings (SSSR count). The van der Waals surface area contributed by atoms with Gasteiger partial charge in [0, 0.05) is 67.1 Å². The van der Waals surface area contributed by atoms with Gasteiger partial charge in [-0.25, -0.2) is 9.37 Å². The number of ether oxygens (including phenoxy) is 2. The molecule has 14 heteroatoms. The van der Waals surface area contributed by atoms with Crippen LogP contribution in [0.3, 0.4) is 0 Å². The summed E-state index contributed by atoms with van der Waals surface area (Å²) in [5, 5.41) is 10.6. The van der Waals surface area contributed by atoms with Crippen LogP contribution in [0.25, 0.3) is 38.9 Å². The number of carboxylic acids is 1. The lowest BCUT2D eigenvalue weighted by Crippen LogP contribution is -2.37. The molecule has 0 N–H and O–H groups in total. The van der Waals surface area contributed by atoms with Gasteiger partial charge in [-0.15, -0.1) is 0 Å². The van der Waals surface area contributed by atoms with Gasteiger partial charge in [-0.2, -0.15) is 13.2 Å². The number of hydrogen-bond donors (Lipinski definition) is 0. The van der Waals surface area contributed by atoms with E-state index in [2.05, 4.69) is 0 Å². The fourth-order valence-corrected chi connectivity index (χ4v) is 4.55. The molecule has 2 aliphatic rings. The standard InChI is InChI=1S/C30H28N3O6.C2HF3O2/c1-18(34)37-17-38-30(36)24-16-23(25-8-6-7-13-33(25)29(24)35)28-21-11-9-19(31(2)3)14-26(21)39-27-15-20(32(4)5)10-12-22(27)28;3-2(4,5)1(6)7/h6-16H,17H2,1-5H3;(H,6,7)/q+1;/p-1. The summed E-state index contributed by atoms with van der Waals surface area (Å²) < 4.78 is 51.2. The first-order valence-electron chi connectivity index (χ1n) is 13.5. The quantitative estimate of drug-likeness (QED) is 0.123. The lowest BCUT2D eigenvalue weighted by molar-refractivity contribution is -0.344. The van der Waals surface area contributed by atoms with Gasteiger partial charge in [0.05, 0.1) is 11.6 Å². The highest BCUT2D eigenvalue weighted by molar-refractivity contribution is 6.07. The van der Waals surface area contributed by atoms with Crippen LogP contribution in [-0.2, 0) is 19.1 Å². The van der Waals surface area contributed by atoms with E-state index in [-0.39, 0.29) is 5.56 Å². The minimum Gasteiger partial charge on any atom is -0.542 e. The Morgan fingerprint density at radius 2 is 1.67 bits per heavy atom. The summed E-state index contributed by atoms with van der Waals surface area (Å²) in [5.41, 5.74) is 3.77. The van der Waals surface area contributed by atoms with Crippen LogP contribution in [0.15, 0.2) is 76.1 Å². The average molecular weight is 640 g/mol. The third-order valence-electron chi connectivity index (χ3n) is 6.77. The van der Waals surface area contributed by atoms with Gasteiger partial charge in [-0.3, -0.25) is 14.0 Å². The Morgan fingerprint density at radius 1 is 0.978 bits per heavy atom. The van der Waals surface area contributed by atoms with Crippen LogP contribution in [0, 0.1) is 0 Å². The molecule has 240 valence electrons. The molecule has 0 saturated carbocycles. The first-order chi connectivity index (χ1) is 21.6. The lowest BCUT2D eigenvalue weighted by atomic mass is 9.92. The third kappa shape index (κ3) is 7.01. The molecule has 1 aliphatic carbocycles. The molecule has 11 nitrogen and oxygen atoms in total. The molecule has 3 heterocycles. The zero-order chi connectivity index (χ0) is 33.9. The first kappa shape index (κ1) is 33.2. The van der Waals surface area contributed by atoms with Crippen molar-refractivity contribution in [1.82, 2.24) is 8.98 Å². The Hall–Kier alpha value is -5.66. The summed E-state index contributed by atoms with van der Waals surface area (Å²) in [6.45, 7) is 0.619. The molecule has 0 saturated heterocycles. The van der Waals surface area contributed by atoms with Crippen molar-refractivity contribution in [2.24, 2.45) is 0 Å².